The lowest BCUT2D eigenvalue weighted by Crippen LogP contribution is -2.55. The van der Waals surface area contributed by atoms with Crippen molar-refractivity contribution in [3.05, 3.63) is 66.2 Å². The highest BCUT2D eigenvalue weighted by atomic mass is 16.1. The minimum atomic E-state index is -0.426. The molecule has 0 spiro atoms. The molecule has 1 fully saturated rings. The van der Waals surface area contributed by atoms with Crippen LogP contribution in [0.3, 0.4) is 0 Å². The van der Waals surface area contributed by atoms with E-state index in [1.807, 2.05) is 30.3 Å². The van der Waals surface area contributed by atoms with Gasteiger partial charge in [-0.3, -0.25) is 4.79 Å². The van der Waals surface area contributed by atoms with Crippen molar-refractivity contribution >= 4 is 11.5 Å². The highest BCUT2D eigenvalue weighted by Crippen LogP contribution is 2.29. The van der Waals surface area contributed by atoms with Gasteiger partial charge in [0.05, 0.1) is 5.54 Å². The minimum absolute atomic E-state index is 0.242. The van der Waals surface area contributed by atoms with E-state index in [9.17, 15) is 4.79 Å². The van der Waals surface area contributed by atoms with Crippen LogP contribution < -0.4 is 5.32 Å². The van der Waals surface area contributed by atoms with Crippen molar-refractivity contribution in [3.63, 3.8) is 0 Å². The Morgan fingerprint density at radius 1 is 1.04 bits per heavy atom. The van der Waals surface area contributed by atoms with E-state index in [0.29, 0.717) is 6.04 Å². The third-order valence-electron chi connectivity index (χ3n) is 5.48. The van der Waals surface area contributed by atoms with E-state index in [4.69, 9.17) is 0 Å². The average molecular weight is 336 g/mol. The molecule has 3 nitrogen and oxygen atoms in total. The molecule has 0 radical (unpaired) electrons. The number of piperidine rings is 1. The van der Waals surface area contributed by atoms with Gasteiger partial charge in [-0.2, -0.15) is 0 Å². The number of para-hydroxylation sites is 1. The first-order valence-corrected chi connectivity index (χ1v) is 9.21. The molecule has 1 saturated heterocycles. The second kappa shape index (κ2) is 7.83. The van der Waals surface area contributed by atoms with E-state index in [-0.39, 0.29) is 5.78 Å². The lowest BCUT2D eigenvalue weighted by Gasteiger charge is -2.43. The zero-order valence-electron chi connectivity index (χ0n) is 15.2. The smallest absolute Gasteiger partial charge is 0.155 e. The van der Waals surface area contributed by atoms with E-state index >= 15 is 0 Å². The van der Waals surface area contributed by atoms with Crippen LogP contribution in [0.1, 0.15) is 32.3 Å². The summed E-state index contributed by atoms with van der Waals surface area (Å²) in [7, 11) is 0. The molecule has 0 amide bonds. The Bertz CT molecular complexity index is 676. The molecule has 1 N–H and O–H groups in total. The summed E-state index contributed by atoms with van der Waals surface area (Å²) in [6.07, 6.45) is 2.77. The molecule has 1 atom stereocenters. The molecule has 2 aromatic carbocycles. The van der Waals surface area contributed by atoms with Crippen molar-refractivity contribution < 1.29 is 4.79 Å². The van der Waals surface area contributed by atoms with E-state index < -0.39 is 5.54 Å². The Balaban J connectivity index is 1.63. The third-order valence-corrected chi connectivity index (χ3v) is 5.48. The molecule has 1 unspecified atom stereocenters. The van der Waals surface area contributed by atoms with Gasteiger partial charge in [0.15, 0.2) is 5.78 Å². The van der Waals surface area contributed by atoms with Gasteiger partial charge < -0.3 is 10.2 Å². The molecule has 1 heterocycles. The molecule has 0 bridgehead atoms. The lowest BCUT2D eigenvalue weighted by molar-refractivity contribution is -0.122. The Labute approximate surface area is 151 Å². The van der Waals surface area contributed by atoms with Crippen LogP contribution in [-0.4, -0.2) is 35.4 Å². The average Bonchev–Trinajstić information content (AvgIpc) is 2.64. The van der Waals surface area contributed by atoms with E-state index in [2.05, 4.69) is 47.5 Å². The fourth-order valence-electron chi connectivity index (χ4n) is 3.79. The summed E-state index contributed by atoms with van der Waals surface area (Å²) >= 11 is 0. The molecule has 0 aromatic heterocycles. The van der Waals surface area contributed by atoms with Crippen LogP contribution in [0.15, 0.2) is 60.7 Å². The summed E-state index contributed by atoms with van der Waals surface area (Å²) in [6.45, 7) is 5.91. The van der Waals surface area contributed by atoms with Crippen LogP contribution in [0, 0.1) is 0 Å². The summed E-state index contributed by atoms with van der Waals surface area (Å²) in [5.41, 5.74) is 1.98. The van der Waals surface area contributed by atoms with Gasteiger partial charge in [0.2, 0.25) is 0 Å². The number of likely N-dealkylation sites (tertiary alicyclic amines) is 1. The van der Waals surface area contributed by atoms with E-state index in [0.717, 1.165) is 38.0 Å². The van der Waals surface area contributed by atoms with Gasteiger partial charge in [0, 0.05) is 24.8 Å². The molecular formula is C22H28N2O. The van der Waals surface area contributed by atoms with Crippen molar-refractivity contribution in [2.45, 2.75) is 44.7 Å². The standard InChI is InChI=1S/C22H28N2O/c1-18(17-20-9-5-3-6-10-20)24-15-13-22(14-16-24,19(2)25)23-21-11-7-4-8-12-21/h3-12,18,23H,13-17H2,1-2H3. The van der Waals surface area contributed by atoms with Crippen molar-refractivity contribution in [3.8, 4) is 0 Å². The molecule has 0 saturated carbocycles. The molecular weight excluding hydrogens is 308 g/mol. The number of carbonyl (C=O) groups excluding carboxylic acids is 1. The molecule has 1 aliphatic rings. The number of nitrogens with zero attached hydrogens (tertiary/aromatic N) is 1. The maximum atomic E-state index is 12.4. The van der Waals surface area contributed by atoms with Crippen molar-refractivity contribution in [2.24, 2.45) is 0 Å². The van der Waals surface area contributed by atoms with Crippen molar-refractivity contribution in [2.75, 3.05) is 18.4 Å². The Kier molecular flexibility index (Phi) is 5.54. The minimum Gasteiger partial charge on any atom is -0.373 e. The highest BCUT2D eigenvalue weighted by molar-refractivity contribution is 5.89. The number of anilines is 1. The first-order valence-electron chi connectivity index (χ1n) is 9.21. The highest BCUT2D eigenvalue weighted by Gasteiger charge is 2.39. The van der Waals surface area contributed by atoms with Gasteiger partial charge in [-0.25, -0.2) is 0 Å². The predicted octanol–water partition coefficient (Wildman–Crippen LogP) is 4.15. The topological polar surface area (TPSA) is 32.3 Å². The fourth-order valence-corrected chi connectivity index (χ4v) is 3.79. The Hall–Kier alpha value is -2.13. The van der Waals surface area contributed by atoms with E-state index in [1.165, 1.54) is 5.56 Å². The molecule has 0 aliphatic carbocycles. The first-order chi connectivity index (χ1) is 12.1. The molecule has 25 heavy (non-hydrogen) atoms. The molecule has 1 aliphatic heterocycles. The second-order valence-corrected chi connectivity index (χ2v) is 7.20. The third kappa shape index (κ3) is 4.29. The summed E-state index contributed by atoms with van der Waals surface area (Å²) in [5.74, 6) is 0.242. The Morgan fingerprint density at radius 3 is 2.16 bits per heavy atom. The van der Waals surface area contributed by atoms with Crippen LogP contribution in [-0.2, 0) is 11.2 Å². The zero-order chi connectivity index (χ0) is 17.7. The summed E-state index contributed by atoms with van der Waals surface area (Å²) < 4.78 is 0. The van der Waals surface area contributed by atoms with E-state index in [1.54, 1.807) is 6.92 Å². The number of hydrogen-bond donors (Lipinski definition) is 1. The van der Waals surface area contributed by atoms with Crippen LogP contribution in [0.25, 0.3) is 0 Å². The maximum absolute atomic E-state index is 12.4. The predicted molar refractivity (Wildman–Crippen MR) is 104 cm³/mol. The van der Waals surface area contributed by atoms with Crippen LogP contribution in [0.5, 0.6) is 0 Å². The van der Waals surface area contributed by atoms with Crippen LogP contribution in [0.2, 0.25) is 0 Å². The zero-order valence-corrected chi connectivity index (χ0v) is 15.2. The molecule has 3 rings (SSSR count). The second-order valence-electron chi connectivity index (χ2n) is 7.20. The van der Waals surface area contributed by atoms with Crippen molar-refractivity contribution in [1.29, 1.82) is 0 Å². The number of Topliss-reactive ketones (excluding diaryl/α,β-unsaturated/α-hetero) is 1. The molecule has 132 valence electrons. The van der Waals surface area contributed by atoms with Gasteiger partial charge >= 0.3 is 0 Å². The molecule has 2 aromatic rings. The van der Waals surface area contributed by atoms with Crippen LogP contribution >= 0.6 is 0 Å². The number of nitrogens with one attached hydrogen (secondary N) is 1. The Morgan fingerprint density at radius 2 is 1.60 bits per heavy atom. The van der Waals surface area contributed by atoms with Crippen LogP contribution in [0.4, 0.5) is 5.69 Å². The van der Waals surface area contributed by atoms with Gasteiger partial charge in [-0.05, 0) is 50.8 Å². The summed E-state index contributed by atoms with van der Waals surface area (Å²) in [6, 6.07) is 21.2. The summed E-state index contributed by atoms with van der Waals surface area (Å²) in [5, 5.41) is 3.53. The first kappa shape index (κ1) is 17.7. The number of benzene rings is 2. The van der Waals surface area contributed by atoms with Gasteiger partial charge in [0.1, 0.15) is 0 Å². The van der Waals surface area contributed by atoms with Crippen molar-refractivity contribution in [1.82, 2.24) is 4.90 Å². The number of carbonyl (C=O) groups is 1. The summed E-state index contributed by atoms with van der Waals surface area (Å²) in [4.78, 5) is 14.9. The maximum Gasteiger partial charge on any atom is 0.155 e. The van der Waals surface area contributed by atoms with Gasteiger partial charge in [-0.15, -0.1) is 0 Å². The van der Waals surface area contributed by atoms with Gasteiger partial charge in [0.25, 0.3) is 0 Å². The number of hydrogen-bond acceptors (Lipinski definition) is 3. The van der Waals surface area contributed by atoms with Gasteiger partial charge in [-0.1, -0.05) is 48.5 Å². The fraction of sp³-hybridized carbons (Fsp3) is 0.409. The largest absolute Gasteiger partial charge is 0.373 e. The quantitative estimate of drug-likeness (QED) is 0.860. The lowest BCUT2D eigenvalue weighted by atomic mass is 9.83. The normalized spacial score (nSPS) is 18.5. The molecule has 3 heteroatoms. The number of rotatable bonds is 6. The monoisotopic (exact) mass is 336 g/mol. The SMILES string of the molecule is CC(=O)C1(Nc2ccccc2)CCN(C(C)Cc2ccccc2)CC1. The number of ketones is 1.